The Bertz CT molecular complexity index is 500. The van der Waals surface area contributed by atoms with Crippen molar-refractivity contribution in [1.29, 1.82) is 0 Å². The molecule has 0 radical (unpaired) electrons. The lowest BCUT2D eigenvalue weighted by Gasteiger charge is -2.07. The Balaban J connectivity index is 2.59. The summed E-state index contributed by atoms with van der Waals surface area (Å²) in [5, 5.41) is 3.20. The summed E-state index contributed by atoms with van der Waals surface area (Å²) in [5.41, 5.74) is 1.01. The van der Waals surface area contributed by atoms with E-state index in [4.69, 9.17) is 0 Å². The van der Waals surface area contributed by atoms with Gasteiger partial charge in [0.2, 0.25) is 15.9 Å². The fourth-order valence-corrected chi connectivity index (χ4v) is 2.67. The van der Waals surface area contributed by atoms with E-state index in [0.29, 0.717) is 5.33 Å². The number of halogens is 1. The number of benzene rings is 1. The molecule has 0 aliphatic rings. The van der Waals surface area contributed by atoms with Crippen LogP contribution in [0.5, 0.6) is 0 Å². The molecule has 0 spiro atoms. The molecule has 0 atom stereocenters. The number of alkyl halides is 1. The standard InChI is InChI=1S/C11H15BrN2O3S/c1-9(15)13-6-7-14-18(16,17)11-4-2-10(8-12)3-5-11/h2-5,14H,6-8H2,1H3,(H,13,15). The molecule has 0 unspecified atom stereocenters. The van der Waals surface area contributed by atoms with E-state index in [-0.39, 0.29) is 23.9 Å². The number of amides is 1. The Morgan fingerprint density at radius 3 is 2.33 bits per heavy atom. The molecular weight excluding hydrogens is 320 g/mol. The van der Waals surface area contributed by atoms with Crippen molar-refractivity contribution in [2.75, 3.05) is 13.1 Å². The summed E-state index contributed by atoms with van der Waals surface area (Å²) in [5.74, 6) is -0.184. The lowest BCUT2D eigenvalue weighted by Crippen LogP contribution is -2.33. The highest BCUT2D eigenvalue weighted by molar-refractivity contribution is 9.08. The lowest BCUT2D eigenvalue weighted by atomic mass is 10.2. The zero-order chi connectivity index (χ0) is 13.6. The minimum atomic E-state index is -3.50. The second kappa shape index (κ2) is 6.86. The van der Waals surface area contributed by atoms with Crippen LogP contribution in [0.3, 0.4) is 0 Å². The summed E-state index contributed by atoms with van der Waals surface area (Å²) in [6.07, 6.45) is 0. The van der Waals surface area contributed by atoms with E-state index in [9.17, 15) is 13.2 Å². The van der Waals surface area contributed by atoms with Gasteiger partial charge in [-0.25, -0.2) is 13.1 Å². The van der Waals surface area contributed by atoms with Gasteiger partial charge in [0.15, 0.2) is 0 Å². The largest absolute Gasteiger partial charge is 0.355 e. The van der Waals surface area contributed by atoms with Gasteiger partial charge in [-0.15, -0.1) is 0 Å². The highest BCUT2D eigenvalue weighted by Gasteiger charge is 2.12. The van der Waals surface area contributed by atoms with Gasteiger partial charge in [0.1, 0.15) is 0 Å². The number of hydrogen-bond acceptors (Lipinski definition) is 3. The van der Waals surface area contributed by atoms with E-state index in [0.717, 1.165) is 5.56 Å². The minimum absolute atomic E-state index is 0.169. The van der Waals surface area contributed by atoms with Crippen LogP contribution in [0, 0.1) is 0 Å². The Hall–Kier alpha value is -0.920. The van der Waals surface area contributed by atoms with Crippen LogP contribution in [0.2, 0.25) is 0 Å². The van der Waals surface area contributed by atoms with Crippen molar-refractivity contribution in [2.45, 2.75) is 17.1 Å². The Labute approximate surface area is 115 Å². The molecule has 0 fully saturated rings. The molecule has 0 aliphatic carbocycles. The smallest absolute Gasteiger partial charge is 0.240 e. The molecule has 1 aromatic carbocycles. The number of sulfonamides is 1. The third-order valence-corrected chi connectivity index (χ3v) is 4.30. The van der Waals surface area contributed by atoms with Crippen LogP contribution >= 0.6 is 15.9 Å². The zero-order valence-electron chi connectivity index (χ0n) is 9.94. The molecule has 7 heteroatoms. The maximum atomic E-state index is 11.8. The van der Waals surface area contributed by atoms with Crippen molar-refractivity contribution < 1.29 is 13.2 Å². The third kappa shape index (κ3) is 4.75. The van der Waals surface area contributed by atoms with E-state index in [1.165, 1.54) is 6.92 Å². The van der Waals surface area contributed by atoms with Crippen LogP contribution in [0.1, 0.15) is 12.5 Å². The number of carbonyl (C=O) groups is 1. The predicted molar refractivity (Wildman–Crippen MR) is 72.9 cm³/mol. The first-order valence-electron chi connectivity index (χ1n) is 5.34. The van der Waals surface area contributed by atoms with Gasteiger partial charge in [-0.3, -0.25) is 4.79 Å². The molecule has 0 bridgehead atoms. The average Bonchev–Trinajstić information content (AvgIpc) is 2.34. The highest BCUT2D eigenvalue weighted by atomic mass is 79.9. The van der Waals surface area contributed by atoms with Gasteiger partial charge >= 0.3 is 0 Å². The molecule has 18 heavy (non-hydrogen) atoms. The molecule has 5 nitrogen and oxygen atoms in total. The topological polar surface area (TPSA) is 75.3 Å². The van der Waals surface area contributed by atoms with Crippen LogP contribution in [-0.2, 0) is 20.1 Å². The van der Waals surface area contributed by atoms with Crippen LogP contribution in [0.25, 0.3) is 0 Å². The molecule has 0 heterocycles. The minimum Gasteiger partial charge on any atom is -0.355 e. The molecule has 0 aliphatic heterocycles. The van der Waals surface area contributed by atoms with Crippen LogP contribution < -0.4 is 10.0 Å². The van der Waals surface area contributed by atoms with Crippen LogP contribution in [-0.4, -0.2) is 27.4 Å². The summed E-state index contributed by atoms with van der Waals surface area (Å²) in [4.78, 5) is 10.8. The number of nitrogens with one attached hydrogen (secondary N) is 2. The summed E-state index contributed by atoms with van der Waals surface area (Å²) in [6, 6.07) is 6.60. The van der Waals surface area contributed by atoms with Crippen molar-refractivity contribution in [1.82, 2.24) is 10.0 Å². The first-order valence-corrected chi connectivity index (χ1v) is 7.95. The number of rotatable bonds is 6. The van der Waals surface area contributed by atoms with Crippen molar-refractivity contribution in [3.63, 3.8) is 0 Å². The predicted octanol–water partition coefficient (Wildman–Crippen LogP) is 0.996. The first kappa shape index (κ1) is 15.1. The van der Waals surface area contributed by atoms with Gasteiger partial charge in [-0.05, 0) is 17.7 Å². The van der Waals surface area contributed by atoms with Crippen LogP contribution in [0.15, 0.2) is 29.2 Å². The van der Waals surface area contributed by atoms with Gasteiger partial charge in [-0.2, -0.15) is 0 Å². The average molecular weight is 335 g/mol. The van der Waals surface area contributed by atoms with Crippen molar-refractivity contribution in [3.05, 3.63) is 29.8 Å². The maximum Gasteiger partial charge on any atom is 0.240 e. The van der Waals surface area contributed by atoms with Crippen molar-refractivity contribution in [2.24, 2.45) is 0 Å². The zero-order valence-corrected chi connectivity index (χ0v) is 12.3. The molecule has 1 aromatic rings. The van der Waals surface area contributed by atoms with Gasteiger partial charge in [0.05, 0.1) is 4.90 Å². The van der Waals surface area contributed by atoms with Gasteiger partial charge in [-0.1, -0.05) is 28.1 Å². The monoisotopic (exact) mass is 334 g/mol. The molecular formula is C11H15BrN2O3S. The maximum absolute atomic E-state index is 11.8. The third-order valence-electron chi connectivity index (χ3n) is 2.18. The lowest BCUT2D eigenvalue weighted by molar-refractivity contribution is -0.118. The summed E-state index contributed by atoms with van der Waals surface area (Å²) >= 11 is 3.29. The fraction of sp³-hybridized carbons (Fsp3) is 0.364. The Morgan fingerprint density at radius 2 is 1.83 bits per heavy atom. The van der Waals surface area contributed by atoms with E-state index in [2.05, 4.69) is 26.0 Å². The number of hydrogen-bond donors (Lipinski definition) is 2. The summed E-state index contributed by atoms with van der Waals surface area (Å²) in [7, 11) is -3.50. The normalized spacial score (nSPS) is 11.2. The second-order valence-corrected chi connectivity index (χ2v) is 5.99. The SMILES string of the molecule is CC(=O)NCCNS(=O)(=O)c1ccc(CBr)cc1. The highest BCUT2D eigenvalue weighted by Crippen LogP contribution is 2.12. The molecule has 2 N–H and O–H groups in total. The fourth-order valence-electron chi connectivity index (χ4n) is 1.26. The molecule has 1 amide bonds. The van der Waals surface area contributed by atoms with E-state index >= 15 is 0 Å². The van der Waals surface area contributed by atoms with Crippen molar-refractivity contribution >= 4 is 31.9 Å². The molecule has 0 saturated heterocycles. The summed E-state index contributed by atoms with van der Waals surface area (Å²) < 4.78 is 26.1. The van der Waals surface area contributed by atoms with E-state index in [1.54, 1.807) is 24.3 Å². The van der Waals surface area contributed by atoms with Crippen LogP contribution in [0.4, 0.5) is 0 Å². The molecule has 1 rings (SSSR count). The van der Waals surface area contributed by atoms with Gasteiger partial charge < -0.3 is 5.32 Å². The first-order chi connectivity index (χ1) is 8.45. The van der Waals surface area contributed by atoms with Gasteiger partial charge in [0, 0.05) is 25.3 Å². The number of carbonyl (C=O) groups excluding carboxylic acids is 1. The second-order valence-electron chi connectivity index (χ2n) is 3.66. The Morgan fingerprint density at radius 1 is 1.22 bits per heavy atom. The summed E-state index contributed by atoms with van der Waals surface area (Å²) in [6.45, 7) is 1.82. The quantitative estimate of drug-likeness (QED) is 0.601. The van der Waals surface area contributed by atoms with E-state index < -0.39 is 10.0 Å². The van der Waals surface area contributed by atoms with Gasteiger partial charge in [0.25, 0.3) is 0 Å². The van der Waals surface area contributed by atoms with E-state index in [1.807, 2.05) is 0 Å². The Kier molecular flexibility index (Phi) is 5.77. The molecule has 0 saturated carbocycles. The van der Waals surface area contributed by atoms with Crippen molar-refractivity contribution in [3.8, 4) is 0 Å². The molecule has 0 aromatic heterocycles. The molecule has 100 valence electrons.